The fourth-order valence-corrected chi connectivity index (χ4v) is 3.63. The number of carbonyl (C=O) groups excluding carboxylic acids is 3. The predicted molar refractivity (Wildman–Crippen MR) is 151 cm³/mol. The average molecular weight is 539 g/mol. The zero-order chi connectivity index (χ0) is 28.8. The van der Waals surface area contributed by atoms with Crippen LogP contribution in [0.1, 0.15) is 95.5 Å². The summed E-state index contributed by atoms with van der Waals surface area (Å²) in [5.41, 5.74) is 1.28. The number of esters is 3. The van der Waals surface area contributed by atoms with Crippen LogP contribution in [0.4, 0.5) is 0 Å². The van der Waals surface area contributed by atoms with Crippen LogP contribution in [0.3, 0.4) is 0 Å². The molecule has 2 aromatic rings. The topological polar surface area (TPSA) is 88.1 Å². The second kappa shape index (κ2) is 15.7. The van der Waals surface area contributed by atoms with Crippen LogP contribution in [0.25, 0.3) is 0 Å². The van der Waals surface area contributed by atoms with E-state index in [1.54, 1.807) is 49.4 Å². The highest BCUT2D eigenvalue weighted by molar-refractivity contribution is 5.91. The van der Waals surface area contributed by atoms with E-state index in [2.05, 4.69) is 6.58 Å². The standard InChI is InChI=1S/C32H42O7/c1-7-8-13-29(33)39-28-19-18-26(22-27(28)32(4,5)6)38-31(35)24-14-16-25(17-15-24)36-20-11-9-10-12-21-37-30(34)23(2)3/h14-19,22H,2,7-13,20-21H2,1,3-6H3. The number of ether oxygens (including phenoxy) is 4. The van der Waals surface area contributed by atoms with E-state index < -0.39 is 5.97 Å². The first-order valence-corrected chi connectivity index (χ1v) is 13.6. The van der Waals surface area contributed by atoms with Gasteiger partial charge in [0.2, 0.25) is 0 Å². The minimum atomic E-state index is -0.485. The van der Waals surface area contributed by atoms with Gasteiger partial charge in [0.15, 0.2) is 0 Å². The van der Waals surface area contributed by atoms with Crippen molar-refractivity contribution in [3.05, 3.63) is 65.7 Å². The summed E-state index contributed by atoms with van der Waals surface area (Å²) in [6.07, 6.45) is 5.64. The summed E-state index contributed by atoms with van der Waals surface area (Å²) in [6.45, 7) is 14.2. The highest BCUT2D eigenvalue weighted by Gasteiger charge is 2.22. The number of unbranched alkanes of at least 4 members (excludes halogenated alkanes) is 4. The Morgan fingerprint density at radius 3 is 2.08 bits per heavy atom. The van der Waals surface area contributed by atoms with Crippen molar-refractivity contribution < 1.29 is 33.3 Å². The minimum absolute atomic E-state index is 0.268. The first kappa shape index (κ1) is 31.6. The molecule has 39 heavy (non-hydrogen) atoms. The lowest BCUT2D eigenvalue weighted by atomic mass is 9.86. The van der Waals surface area contributed by atoms with Crippen LogP contribution in [-0.4, -0.2) is 31.1 Å². The lowest BCUT2D eigenvalue weighted by Crippen LogP contribution is -2.17. The van der Waals surface area contributed by atoms with Gasteiger partial charge in [-0.15, -0.1) is 0 Å². The zero-order valence-electron chi connectivity index (χ0n) is 24.0. The van der Waals surface area contributed by atoms with Crippen molar-refractivity contribution in [1.82, 2.24) is 0 Å². The summed E-state index contributed by atoms with van der Waals surface area (Å²) < 4.78 is 22.1. The van der Waals surface area contributed by atoms with E-state index in [1.165, 1.54) is 0 Å². The molecule has 0 saturated carbocycles. The second-order valence-corrected chi connectivity index (χ2v) is 10.6. The van der Waals surface area contributed by atoms with Crippen LogP contribution in [-0.2, 0) is 19.7 Å². The van der Waals surface area contributed by atoms with E-state index in [9.17, 15) is 14.4 Å². The molecule has 0 aliphatic rings. The van der Waals surface area contributed by atoms with Gasteiger partial charge >= 0.3 is 17.9 Å². The lowest BCUT2D eigenvalue weighted by molar-refractivity contribution is -0.139. The molecule has 0 atom stereocenters. The van der Waals surface area contributed by atoms with Crippen molar-refractivity contribution in [3.8, 4) is 17.2 Å². The Bertz CT molecular complexity index is 1110. The molecule has 0 heterocycles. The van der Waals surface area contributed by atoms with E-state index in [1.807, 2.05) is 27.7 Å². The van der Waals surface area contributed by atoms with Crippen molar-refractivity contribution in [2.45, 2.75) is 85.0 Å². The van der Waals surface area contributed by atoms with Gasteiger partial charge in [0.05, 0.1) is 18.8 Å². The maximum atomic E-state index is 12.7. The summed E-state index contributed by atoms with van der Waals surface area (Å²) in [4.78, 5) is 36.2. The Morgan fingerprint density at radius 1 is 0.821 bits per heavy atom. The summed E-state index contributed by atoms with van der Waals surface area (Å²) in [5.74, 6) is 0.437. The van der Waals surface area contributed by atoms with Gasteiger partial charge in [-0.3, -0.25) is 4.79 Å². The molecule has 0 saturated heterocycles. The molecule has 2 aromatic carbocycles. The number of carbonyl (C=O) groups is 3. The maximum absolute atomic E-state index is 12.7. The van der Waals surface area contributed by atoms with Crippen molar-refractivity contribution >= 4 is 17.9 Å². The SMILES string of the molecule is C=C(C)C(=O)OCCCCCCOc1ccc(C(=O)Oc2ccc(OC(=O)CCCC)c(C(C)(C)C)c2)cc1. The van der Waals surface area contributed by atoms with E-state index >= 15 is 0 Å². The Morgan fingerprint density at radius 2 is 1.46 bits per heavy atom. The van der Waals surface area contributed by atoms with Gasteiger partial charge in [-0.25, -0.2) is 9.59 Å². The predicted octanol–water partition coefficient (Wildman–Crippen LogP) is 7.36. The summed E-state index contributed by atoms with van der Waals surface area (Å²) in [7, 11) is 0. The highest BCUT2D eigenvalue weighted by Crippen LogP contribution is 2.35. The quantitative estimate of drug-likeness (QED) is 0.101. The Balaban J connectivity index is 1.84. The van der Waals surface area contributed by atoms with E-state index in [0.717, 1.165) is 44.1 Å². The molecule has 0 fully saturated rings. The van der Waals surface area contributed by atoms with Crippen LogP contribution >= 0.6 is 0 Å². The molecule has 2 rings (SSSR count). The minimum Gasteiger partial charge on any atom is -0.494 e. The molecule has 0 amide bonds. The van der Waals surface area contributed by atoms with E-state index in [0.29, 0.717) is 48.0 Å². The summed E-state index contributed by atoms with van der Waals surface area (Å²) in [6, 6.07) is 11.9. The number of hydrogen-bond acceptors (Lipinski definition) is 7. The number of benzene rings is 2. The summed E-state index contributed by atoms with van der Waals surface area (Å²) in [5, 5.41) is 0. The molecule has 7 nitrogen and oxygen atoms in total. The Kier molecular flexibility index (Phi) is 12.7. The third-order valence-electron chi connectivity index (χ3n) is 5.91. The molecular formula is C32H42O7. The van der Waals surface area contributed by atoms with Gasteiger partial charge in [0.1, 0.15) is 17.2 Å². The fourth-order valence-electron chi connectivity index (χ4n) is 3.63. The Hall–Kier alpha value is -3.61. The molecule has 0 bridgehead atoms. The smallest absolute Gasteiger partial charge is 0.343 e. The molecule has 0 aliphatic heterocycles. The van der Waals surface area contributed by atoms with Crippen LogP contribution in [0.2, 0.25) is 0 Å². The molecule has 0 spiro atoms. The van der Waals surface area contributed by atoms with Crippen molar-refractivity contribution in [1.29, 1.82) is 0 Å². The molecule has 0 aromatic heterocycles. The molecular weight excluding hydrogens is 496 g/mol. The summed E-state index contributed by atoms with van der Waals surface area (Å²) >= 11 is 0. The van der Waals surface area contributed by atoms with Crippen molar-refractivity contribution in [2.24, 2.45) is 0 Å². The molecule has 7 heteroatoms. The van der Waals surface area contributed by atoms with Crippen LogP contribution in [0, 0.1) is 0 Å². The second-order valence-electron chi connectivity index (χ2n) is 10.6. The molecule has 0 unspecified atom stereocenters. The van der Waals surface area contributed by atoms with Gasteiger partial charge in [0.25, 0.3) is 0 Å². The molecule has 0 N–H and O–H groups in total. The van der Waals surface area contributed by atoms with Crippen LogP contribution < -0.4 is 14.2 Å². The first-order valence-electron chi connectivity index (χ1n) is 13.6. The molecule has 212 valence electrons. The first-order chi connectivity index (χ1) is 18.5. The normalized spacial score (nSPS) is 11.0. The van der Waals surface area contributed by atoms with Crippen LogP contribution in [0.5, 0.6) is 17.2 Å². The monoisotopic (exact) mass is 538 g/mol. The highest BCUT2D eigenvalue weighted by atomic mass is 16.5. The van der Waals surface area contributed by atoms with Crippen LogP contribution in [0.15, 0.2) is 54.6 Å². The van der Waals surface area contributed by atoms with Gasteiger partial charge in [0, 0.05) is 17.6 Å². The maximum Gasteiger partial charge on any atom is 0.343 e. The number of rotatable bonds is 15. The molecule has 0 radical (unpaired) electrons. The van der Waals surface area contributed by atoms with Gasteiger partial charge in [-0.1, -0.05) is 40.7 Å². The number of hydrogen-bond donors (Lipinski definition) is 0. The average Bonchev–Trinajstić information content (AvgIpc) is 2.89. The van der Waals surface area contributed by atoms with Gasteiger partial charge in [-0.05, 0) is 86.9 Å². The van der Waals surface area contributed by atoms with Crippen molar-refractivity contribution in [3.63, 3.8) is 0 Å². The third kappa shape index (κ3) is 11.3. The zero-order valence-corrected chi connectivity index (χ0v) is 24.0. The largest absolute Gasteiger partial charge is 0.494 e. The van der Waals surface area contributed by atoms with E-state index in [-0.39, 0.29) is 17.4 Å². The lowest BCUT2D eigenvalue weighted by Gasteiger charge is -2.23. The Labute approximate surface area is 232 Å². The van der Waals surface area contributed by atoms with Crippen molar-refractivity contribution in [2.75, 3.05) is 13.2 Å². The fraction of sp³-hybridized carbons (Fsp3) is 0.469. The third-order valence-corrected chi connectivity index (χ3v) is 5.91. The van der Waals surface area contributed by atoms with Gasteiger partial charge < -0.3 is 18.9 Å². The van der Waals surface area contributed by atoms with Gasteiger partial charge in [-0.2, -0.15) is 0 Å². The van der Waals surface area contributed by atoms with E-state index in [4.69, 9.17) is 18.9 Å². The molecule has 0 aliphatic carbocycles.